The molecule has 2 amide bonds. The van der Waals surface area contributed by atoms with E-state index in [1.54, 1.807) is 4.90 Å². The number of hydrogen-bond donors (Lipinski definition) is 0. The van der Waals surface area contributed by atoms with Gasteiger partial charge in [0.15, 0.2) is 0 Å². The quantitative estimate of drug-likeness (QED) is 0.646. The van der Waals surface area contributed by atoms with Gasteiger partial charge in [0.05, 0.1) is 0 Å². The van der Waals surface area contributed by atoms with Gasteiger partial charge in [-0.1, -0.05) is 54.6 Å². The van der Waals surface area contributed by atoms with Crippen LogP contribution in [0.3, 0.4) is 0 Å². The largest absolute Gasteiger partial charge is 0.444 e. The molecule has 0 unspecified atom stereocenters. The summed E-state index contributed by atoms with van der Waals surface area (Å²) in [6, 6.07) is 18.9. The van der Waals surface area contributed by atoms with Crippen LogP contribution < -0.4 is 0 Å². The van der Waals surface area contributed by atoms with Gasteiger partial charge in [-0.25, -0.2) is 4.79 Å². The summed E-state index contributed by atoms with van der Waals surface area (Å²) >= 11 is 0. The number of carbonyl (C=O) groups excluding carboxylic acids is 2. The minimum Gasteiger partial charge on any atom is -0.444 e. The maximum Gasteiger partial charge on any atom is 0.411 e. The van der Waals surface area contributed by atoms with Crippen LogP contribution in [0, 0.1) is 0 Å². The predicted molar refractivity (Wildman–Crippen MR) is 134 cm³/mol. The molecule has 4 rings (SSSR count). The Kier molecular flexibility index (Phi) is 7.27. The summed E-state index contributed by atoms with van der Waals surface area (Å²) in [6.07, 6.45) is 1.30. The first-order chi connectivity index (χ1) is 16.2. The third-order valence-corrected chi connectivity index (χ3v) is 6.64. The van der Waals surface area contributed by atoms with E-state index in [-0.39, 0.29) is 24.4 Å². The second-order valence-corrected chi connectivity index (χ2v) is 10.6. The second-order valence-electron chi connectivity index (χ2n) is 10.6. The van der Waals surface area contributed by atoms with Crippen molar-refractivity contribution in [3.8, 4) is 0 Å². The monoisotopic (exact) mass is 463 g/mol. The van der Waals surface area contributed by atoms with Crippen molar-refractivity contribution in [1.82, 2.24) is 14.7 Å². The number of piperazine rings is 1. The van der Waals surface area contributed by atoms with Crippen LogP contribution in [0.2, 0.25) is 0 Å². The summed E-state index contributed by atoms with van der Waals surface area (Å²) in [5, 5.41) is 0. The first kappa shape index (κ1) is 24.3. The lowest BCUT2D eigenvalue weighted by molar-refractivity contribution is -0.134. The minimum absolute atomic E-state index is 0.00202. The van der Waals surface area contributed by atoms with E-state index in [1.165, 1.54) is 16.7 Å². The van der Waals surface area contributed by atoms with Gasteiger partial charge in [0.1, 0.15) is 12.1 Å². The molecule has 6 heteroatoms. The standard InChI is InChI=1S/C28H37N3O3/c1-28(2,3)34-27(33)31(20-26(32)30-16-14-29(4)15-17-30)25-19-24(25)23-13-9-8-12-22(23)18-21-10-6-5-7-11-21/h5-13,24-25H,14-20H2,1-4H3/t24-,25+/m0/s1. The van der Waals surface area contributed by atoms with Crippen molar-refractivity contribution >= 4 is 12.0 Å². The van der Waals surface area contributed by atoms with Crippen molar-refractivity contribution in [3.05, 3.63) is 71.3 Å². The first-order valence-electron chi connectivity index (χ1n) is 12.3. The number of carbonyl (C=O) groups is 2. The predicted octanol–water partition coefficient (Wildman–Crippen LogP) is 4.14. The van der Waals surface area contributed by atoms with E-state index >= 15 is 0 Å². The molecule has 2 aromatic rings. The van der Waals surface area contributed by atoms with Crippen molar-refractivity contribution in [2.75, 3.05) is 39.8 Å². The second kappa shape index (κ2) is 10.2. The third kappa shape index (κ3) is 6.17. The van der Waals surface area contributed by atoms with E-state index in [0.717, 1.165) is 25.9 Å². The minimum atomic E-state index is -0.609. The topological polar surface area (TPSA) is 53.1 Å². The van der Waals surface area contributed by atoms with Crippen molar-refractivity contribution in [2.24, 2.45) is 0 Å². The van der Waals surface area contributed by atoms with Crippen LogP contribution in [0.5, 0.6) is 0 Å². The number of amides is 2. The zero-order valence-electron chi connectivity index (χ0n) is 20.9. The highest BCUT2D eigenvalue weighted by molar-refractivity contribution is 5.83. The van der Waals surface area contributed by atoms with Crippen LogP contribution in [0.25, 0.3) is 0 Å². The van der Waals surface area contributed by atoms with Gasteiger partial charge in [0.25, 0.3) is 0 Å². The van der Waals surface area contributed by atoms with E-state index in [0.29, 0.717) is 13.1 Å². The molecule has 1 heterocycles. The number of benzene rings is 2. The van der Waals surface area contributed by atoms with Crippen LogP contribution in [0.15, 0.2) is 54.6 Å². The number of hydrogen-bond acceptors (Lipinski definition) is 4. The van der Waals surface area contributed by atoms with Gasteiger partial charge in [0, 0.05) is 38.1 Å². The van der Waals surface area contributed by atoms with E-state index in [2.05, 4.69) is 60.5 Å². The molecule has 1 saturated heterocycles. The van der Waals surface area contributed by atoms with Gasteiger partial charge in [-0.2, -0.15) is 0 Å². The lowest BCUT2D eigenvalue weighted by Gasteiger charge is -2.34. The van der Waals surface area contributed by atoms with Gasteiger partial charge < -0.3 is 14.5 Å². The maximum atomic E-state index is 13.2. The molecular formula is C28H37N3O3. The molecule has 2 aliphatic rings. The van der Waals surface area contributed by atoms with E-state index in [9.17, 15) is 9.59 Å². The first-order valence-corrected chi connectivity index (χ1v) is 12.3. The van der Waals surface area contributed by atoms with Crippen molar-refractivity contribution < 1.29 is 14.3 Å². The Morgan fingerprint density at radius 1 is 0.971 bits per heavy atom. The number of nitrogens with zero attached hydrogens (tertiary/aromatic N) is 3. The SMILES string of the molecule is CN1CCN(C(=O)CN(C(=O)OC(C)(C)C)[C@@H]2C[C@H]2c2ccccc2Cc2ccccc2)CC1. The Bertz CT molecular complexity index is 993. The summed E-state index contributed by atoms with van der Waals surface area (Å²) in [5.41, 5.74) is 3.19. The Balaban J connectivity index is 1.51. The molecule has 2 aromatic carbocycles. The lowest BCUT2D eigenvalue weighted by atomic mass is 9.97. The molecule has 0 aromatic heterocycles. The Hall–Kier alpha value is -2.86. The normalized spacial score (nSPS) is 20.6. The molecule has 2 fully saturated rings. The summed E-state index contributed by atoms with van der Waals surface area (Å²) in [6.45, 7) is 8.78. The lowest BCUT2D eigenvalue weighted by Crippen LogP contribution is -2.51. The maximum absolute atomic E-state index is 13.2. The van der Waals surface area contributed by atoms with Crippen LogP contribution in [-0.2, 0) is 16.0 Å². The Labute approximate surface area is 203 Å². The molecule has 2 atom stereocenters. The molecule has 6 nitrogen and oxygen atoms in total. The molecule has 0 N–H and O–H groups in total. The number of likely N-dealkylation sites (N-methyl/N-ethyl adjacent to an activating group) is 1. The fraction of sp³-hybridized carbons (Fsp3) is 0.500. The summed E-state index contributed by atoms with van der Waals surface area (Å²) in [7, 11) is 2.07. The average molecular weight is 464 g/mol. The summed E-state index contributed by atoms with van der Waals surface area (Å²) in [4.78, 5) is 32.1. The zero-order valence-corrected chi connectivity index (χ0v) is 20.9. The van der Waals surface area contributed by atoms with Gasteiger partial charge in [-0.15, -0.1) is 0 Å². The van der Waals surface area contributed by atoms with Crippen molar-refractivity contribution in [1.29, 1.82) is 0 Å². The number of ether oxygens (including phenoxy) is 1. The van der Waals surface area contributed by atoms with E-state index in [4.69, 9.17) is 4.74 Å². The Morgan fingerprint density at radius 3 is 2.29 bits per heavy atom. The molecular weight excluding hydrogens is 426 g/mol. The van der Waals surface area contributed by atoms with Crippen LogP contribution in [-0.4, -0.2) is 78.1 Å². The van der Waals surface area contributed by atoms with Gasteiger partial charge >= 0.3 is 6.09 Å². The van der Waals surface area contributed by atoms with Crippen LogP contribution in [0.4, 0.5) is 4.79 Å². The Morgan fingerprint density at radius 2 is 1.62 bits per heavy atom. The van der Waals surface area contributed by atoms with Crippen molar-refractivity contribution in [2.45, 2.75) is 51.2 Å². The highest BCUT2D eigenvalue weighted by atomic mass is 16.6. The van der Waals surface area contributed by atoms with Crippen LogP contribution in [0.1, 0.15) is 49.8 Å². The van der Waals surface area contributed by atoms with Crippen LogP contribution >= 0.6 is 0 Å². The summed E-state index contributed by atoms with van der Waals surface area (Å²) < 4.78 is 5.72. The van der Waals surface area contributed by atoms with Crippen molar-refractivity contribution in [3.63, 3.8) is 0 Å². The third-order valence-electron chi connectivity index (χ3n) is 6.64. The molecule has 0 spiro atoms. The fourth-order valence-corrected chi connectivity index (χ4v) is 4.67. The van der Waals surface area contributed by atoms with E-state index < -0.39 is 11.7 Å². The van der Waals surface area contributed by atoms with E-state index in [1.807, 2.05) is 31.7 Å². The fourth-order valence-electron chi connectivity index (χ4n) is 4.67. The number of rotatable bonds is 6. The van der Waals surface area contributed by atoms with Gasteiger partial charge in [0.2, 0.25) is 5.91 Å². The summed E-state index contributed by atoms with van der Waals surface area (Å²) in [5.74, 6) is 0.217. The van der Waals surface area contributed by atoms with Gasteiger partial charge in [-0.3, -0.25) is 9.69 Å². The highest BCUT2D eigenvalue weighted by Gasteiger charge is 2.47. The van der Waals surface area contributed by atoms with Gasteiger partial charge in [-0.05, 0) is 57.4 Å². The molecule has 182 valence electrons. The molecule has 1 aliphatic carbocycles. The highest BCUT2D eigenvalue weighted by Crippen LogP contribution is 2.46. The average Bonchev–Trinajstić information content (AvgIpc) is 3.58. The molecule has 34 heavy (non-hydrogen) atoms. The molecule has 0 radical (unpaired) electrons. The molecule has 1 aliphatic heterocycles. The molecule has 1 saturated carbocycles. The smallest absolute Gasteiger partial charge is 0.411 e. The molecule has 0 bridgehead atoms. The zero-order chi connectivity index (χ0) is 24.3.